The first-order valence-electron chi connectivity index (χ1n) is 9.64. The number of benzene rings is 1. The van der Waals surface area contributed by atoms with E-state index in [4.69, 9.17) is 4.74 Å². The number of β-amino-alcohol motifs (C(OH)–C–C–N with tert-alkyl or cyclic N) is 1. The lowest BCUT2D eigenvalue weighted by Gasteiger charge is -2.19. The van der Waals surface area contributed by atoms with Crippen LogP contribution in [0.25, 0.3) is 11.3 Å². The van der Waals surface area contributed by atoms with Crippen LogP contribution in [0.1, 0.15) is 11.1 Å². The first kappa shape index (κ1) is 21.0. The van der Waals surface area contributed by atoms with Gasteiger partial charge in [-0.15, -0.1) is 0 Å². The van der Waals surface area contributed by atoms with Gasteiger partial charge in [-0.1, -0.05) is 30.3 Å². The zero-order valence-electron chi connectivity index (χ0n) is 16.3. The number of hydrogen-bond acceptors (Lipinski definition) is 7. The van der Waals surface area contributed by atoms with Crippen LogP contribution in [0.5, 0.6) is 5.88 Å². The van der Waals surface area contributed by atoms with E-state index in [0.717, 1.165) is 16.8 Å². The largest absolute Gasteiger partial charge is 0.470 e. The van der Waals surface area contributed by atoms with Crippen molar-refractivity contribution in [2.24, 2.45) is 0 Å². The van der Waals surface area contributed by atoms with Crippen molar-refractivity contribution >= 4 is 5.95 Å². The van der Waals surface area contributed by atoms with Crippen molar-refractivity contribution in [2.75, 3.05) is 18.4 Å². The van der Waals surface area contributed by atoms with E-state index >= 15 is 0 Å². The van der Waals surface area contributed by atoms with Crippen LogP contribution in [0.15, 0.2) is 54.9 Å². The summed E-state index contributed by atoms with van der Waals surface area (Å²) in [6.07, 6.45) is -4.00. The average Bonchev–Trinajstić information content (AvgIpc) is 3.17. The third-order valence-corrected chi connectivity index (χ3v) is 4.82. The van der Waals surface area contributed by atoms with E-state index < -0.39 is 29.8 Å². The highest BCUT2D eigenvalue weighted by molar-refractivity contribution is 5.59. The van der Waals surface area contributed by atoms with Crippen LogP contribution in [0, 0.1) is 0 Å². The lowest BCUT2D eigenvalue weighted by molar-refractivity contribution is -0.140. The van der Waals surface area contributed by atoms with Gasteiger partial charge in [0.15, 0.2) is 0 Å². The molecule has 2 atom stereocenters. The van der Waals surface area contributed by atoms with Gasteiger partial charge < -0.3 is 20.5 Å². The van der Waals surface area contributed by atoms with Crippen molar-refractivity contribution in [3.63, 3.8) is 0 Å². The number of aromatic nitrogens is 3. The van der Waals surface area contributed by atoms with E-state index in [1.54, 1.807) is 6.20 Å². The molecule has 4 rings (SSSR count). The summed E-state index contributed by atoms with van der Waals surface area (Å²) in [5.41, 5.74) is 1.60. The van der Waals surface area contributed by atoms with Crippen LogP contribution >= 0.6 is 0 Å². The van der Waals surface area contributed by atoms with Gasteiger partial charge in [0.2, 0.25) is 11.8 Å². The molecule has 10 heteroatoms. The molecule has 162 valence electrons. The summed E-state index contributed by atoms with van der Waals surface area (Å²) in [6, 6.07) is 13.2. The number of nitrogens with zero attached hydrogens (tertiary/aromatic N) is 3. The van der Waals surface area contributed by atoms with Crippen molar-refractivity contribution in [1.29, 1.82) is 0 Å². The third kappa shape index (κ3) is 5.09. The van der Waals surface area contributed by atoms with Crippen LogP contribution < -0.4 is 15.4 Å². The second-order valence-corrected chi connectivity index (χ2v) is 7.06. The van der Waals surface area contributed by atoms with Crippen molar-refractivity contribution in [2.45, 2.75) is 24.9 Å². The van der Waals surface area contributed by atoms with Crippen LogP contribution in [0.4, 0.5) is 19.1 Å². The molecule has 0 saturated carbocycles. The molecule has 3 aromatic rings. The summed E-state index contributed by atoms with van der Waals surface area (Å²) in [5, 5.41) is 15.6. The Labute approximate surface area is 176 Å². The predicted molar refractivity (Wildman–Crippen MR) is 107 cm³/mol. The summed E-state index contributed by atoms with van der Waals surface area (Å²) in [6.45, 7) is 0.783. The van der Waals surface area contributed by atoms with Gasteiger partial charge in [-0.3, -0.25) is 4.98 Å². The molecule has 0 aliphatic carbocycles. The van der Waals surface area contributed by atoms with Crippen molar-refractivity contribution in [1.82, 2.24) is 20.3 Å². The van der Waals surface area contributed by atoms with Crippen molar-refractivity contribution in [3.8, 4) is 17.1 Å². The molecule has 1 aromatic carbocycles. The Hall–Kier alpha value is -3.24. The minimum absolute atomic E-state index is 0.00255. The topological polar surface area (TPSA) is 92.2 Å². The van der Waals surface area contributed by atoms with Gasteiger partial charge >= 0.3 is 6.18 Å². The fraction of sp³-hybridized carbons (Fsp3) is 0.286. The molecule has 7 nitrogen and oxygen atoms in total. The monoisotopic (exact) mass is 431 g/mol. The molecule has 3 heterocycles. The summed E-state index contributed by atoms with van der Waals surface area (Å²) in [5.74, 6) is -0.611. The second kappa shape index (κ2) is 8.86. The first-order chi connectivity index (χ1) is 14.9. The van der Waals surface area contributed by atoms with Crippen molar-refractivity contribution in [3.05, 3.63) is 66.0 Å². The first-order valence-corrected chi connectivity index (χ1v) is 9.64. The molecule has 0 bridgehead atoms. The highest BCUT2D eigenvalue weighted by Crippen LogP contribution is 2.35. The fourth-order valence-corrected chi connectivity index (χ4v) is 3.15. The summed E-state index contributed by atoms with van der Waals surface area (Å²) in [7, 11) is 0. The van der Waals surface area contributed by atoms with Crippen LogP contribution in [0.3, 0.4) is 0 Å². The van der Waals surface area contributed by atoms with Gasteiger partial charge in [0, 0.05) is 37.6 Å². The molecule has 1 unspecified atom stereocenters. The molecule has 3 N–H and O–H groups in total. The number of halogens is 3. The van der Waals surface area contributed by atoms with E-state index in [9.17, 15) is 18.3 Å². The van der Waals surface area contributed by atoms with Gasteiger partial charge in [-0.05, 0) is 17.7 Å². The van der Waals surface area contributed by atoms with E-state index in [1.165, 1.54) is 0 Å². The number of hydrogen-bond donors (Lipinski definition) is 3. The molecule has 0 amide bonds. The standard InChI is InChI=1S/C21H20F3N5O2/c22-21(23,24)15-10-28-20(29-19(15)31-18-12-25-11-17(18)30)27-9-13-4-6-14(7-5-13)16-3-1-2-8-26-16/h1-8,10,17-18,25,30H,9,11-12H2,(H,27,28,29)/t17-,18?/m0/s1. The number of rotatable bonds is 6. The Morgan fingerprint density at radius 3 is 2.55 bits per heavy atom. The van der Waals surface area contributed by atoms with E-state index in [2.05, 4.69) is 25.6 Å². The summed E-state index contributed by atoms with van der Waals surface area (Å²) in [4.78, 5) is 12.0. The maximum atomic E-state index is 13.3. The highest BCUT2D eigenvalue weighted by Gasteiger charge is 2.38. The van der Waals surface area contributed by atoms with Crippen LogP contribution in [-0.2, 0) is 12.7 Å². The number of ether oxygens (including phenoxy) is 1. The Balaban J connectivity index is 1.47. The molecule has 31 heavy (non-hydrogen) atoms. The Bertz CT molecular complexity index is 1020. The molecule has 0 radical (unpaired) electrons. The normalized spacial score (nSPS) is 18.7. The van der Waals surface area contributed by atoms with Crippen LogP contribution in [0.2, 0.25) is 0 Å². The van der Waals surface area contributed by atoms with Gasteiger partial charge in [-0.2, -0.15) is 18.2 Å². The lowest BCUT2D eigenvalue weighted by Crippen LogP contribution is -2.31. The van der Waals surface area contributed by atoms with Gasteiger partial charge in [0.05, 0.1) is 5.69 Å². The molecular formula is C21H20F3N5O2. The molecule has 1 saturated heterocycles. The molecule has 2 aromatic heterocycles. The number of aliphatic hydroxyl groups excluding tert-OH is 1. The number of aliphatic hydroxyl groups is 1. The van der Waals surface area contributed by atoms with Gasteiger partial charge in [-0.25, -0.2) is 4.98 Å². The summed E-state index contributed by atoms with van der Waals surface area (Å²) >= 11 is 0. The highest BCUT2D eigenvalue weighted by atomic mass is 19.4. The lowest BCUT2D eigenvalue weighted by atomic mass is 10.1. The molecule has 1 aliphatic heterocycles. The number of alkyl halides is 3. The minimum Gasteiger partial charge on any atom is -0.470 e. The van der Waals surface area contributed by atoms with Gasteiger partial charge in [0.1, 0.15) is 17.8 Å². The van der Waals surface area contributed by atoms with Crippen molar-refractivity contribution < 1.29 is 23.0 Å². The van der Waals surface area contributed by atoms with E-state index in [0.29, 0.717) is 12.7 Å². The fourth-order valence-electron chi connectivity index (χ4n) is 3.15. The molecule has 1 fully saturated rings. The maximum Gasteiger partial charge on any atom is 0.423 e. The molecular weight excluding hydrogens is 411 g/mol. The second-order valence-electron chi connectivity index (χ2n) is 7.06. The summed E-state index contributed by atoms with van der Waals surface area (Å²) < 4.78 is 45.3. The van der Waals surface area contributed by atoms with E-state index in [1.807, 2.05) is 42.5 Å². The van der Waals surface area contributed by atoms with E-state index in [-0.39, 0.29) is 19.0 Å². The SMILES string of the molecule is O[C@H]1CNCC1Oc1nc(NCc2ccc(-c3ccccn3)cc2)ncc1C(F)(F)F. The Morgan fingerprint density at radius 1 is 1.10 bits per heavy atom. The maximum absolute atomic E-state index is 13.3. The molecule has 1 aliphatic rings. The quantitative estimate of drug-likeness (QED) is 0.553. The number of anilines is 1. The Kier molecular flexibility index (Phi) is 6.01. The number of nitrogens with one attached hydrogen (secondary N) is 2. The number of pyridine rings is 1. The predicted octanol–water partition coefficient (Wildman–Crippen LogP) is 2.88. The van der Waals surface area contributed by atoms with Gasteiger partial charge in [0.25, 0.3) is 0 Å². The zero-order chi connectivity index (χ0) is 21.8. The Morgan fingerprint density at radius 2 is 1.90 bits per heavy atom. The third-order valence-electron chi connectivity index (χ3n) is 4.82. The molecule has 0 spiro atoms. The average molecular weight is 431 g/mol. The van der Waals surface area contributed by atoms with Crippen LogP contribution in [-0.4, -0.2) is 45.4 Å². The minimum atomic E-state index is -4.67. The zero-order valence-corrected chi connectivity index (χ0v) is 16.3. The smallest absolute Gasteiger partial charge is 0.423 e.